The molecule has 2 rings (SSSR count). The molecule has 0 spiro atoms. The molecule has 0 aliphatic heterocycles. The van der Waals surface area contributed by atoms with Gasteiger partial charge in [-0.1, -0.05) is 0 Å². The Bertz CT molecular complexity index is 669. The number of aromatic nitrogens is 4. The van der Waals surface area contributed by atoms with Gasteiger partial charge in [0.25, 0.3) is 0 Å². The number of fused-ring (bicyclic) bond motifs is 1. The number of imidazole rings is 1. The van der Waals surface area contributed by atoms with E-state index in [9.17, 15) is 9.59 Å². The first-order chi connectivity index (χ1) is 9.99. The zero-order valence-corrected chi connectivity index (χ0v) is 11.1. The number of anilines is 1. The second-order valence-electron chi connectivity index (χ2n) is 4.39. The van der Waals surface area contributed by atoms with Crippen LogP contribution in [0.4, 0.5) is 5.82 Å². The van der Waals surface area contributed by atoms with Crippen LogP contribution in [0.2, 0.25) is 0 Å². The normalized spacial score (nSPS) is 12.2. The summed E-state index contributed by atoms with van der Waals surface area (Å²) in [6, 6.07) is -0.994. The number of carboxylic acid groups (broad SMARTS) is 1. The van der Waals surface area contributed by atoms with E-state index in [1.807, 2.05) is 0 Å². The fourth-order valence-corrected chi connectivity index (χ4v) is 1.72. The van der Waals surface area contributed by atoms with Crippen LogP contribution in [0.3, 0.4) is 0 Å². The molecule has 0 bridgehead atoms. The van der Waals surface area contributed by atoms with Gasteiger partial charge >= 0.3 is 5.97 Å². The minimum absolute atomic E-state index is 0.00470. The number of rotatable bonds is 6. The number of carbonyl (C=O) groups is 2. The number of aliphatic carboxylic acids is 1. The second-order valence-corrected chi connectivity index (χ2v) is 4.39. The highest BCUT2D eigenvalue weighted by molar-refractivity contribution is 5.83. The lowest BCUT2D eigenvalue weighted by Gasteiger charge is -2.08. The molecule has 0 aliphatic rings. The van der Waals surface area contributed by atoms with Crippen LogP contribution in [0.5, 0.6) is 0 Å². The summed E-state index contributed by atoms with van der Waals surface area (Å²) in [6.07, 6.45) is 2.89. The molecule has 6 N–H and O–H groups in total. The molecule has 0 saturated heterocycles. The van der Waals surface area contributed by atoms with E-state index in [1.54, 1.807) is 0 Å². The van der Waals surface area contributed by atoms with E-state index in [4.69, 9.17) is 16.6 Å². The summed E-state index contributed by atoms with van der Waals surface area (Å²) in [6.45, 7) is 0.172. The monoisotopic (exact) mass is 293 g/mol. The van der Waals surface area contributed by atoms with Crippen LogP contribution in [0.25, 0.3) is 11.2 Å². The smallest absolute Gasteiger partial charge is 0.320 e. The minimum atomic E-state index is -1.10. The number of carbonyl (C=O) groups excluding carboxylic acids is 1. The highest BCUT2D eigenvalue weighted by Crippen LogP contribution is 2.13. The molecule has 2 aromatic rings. The number of carboxylic acids is 1. The molecule has 0 aromatic carbocycles. The van der Waals surface area contributed by atoms with E-state index in [0.717, 1.165) is 0 Å². The van der Waals surface area contributed by atoms with Crippen LogP contribution < -0.4 is 16.8 Å². The molecule has 0 radical (unpaired) electrons. The third-order valence-corrected chi connectivity index (χ3v) is 2.84. The van der Waals surface area contributed by atoms with Gasteiger partial charge < -0.3 is 26.5 Å². The van der Waals surface area contributed by atoms with Gasteiger partial charge in [-0.2, -0.15) is 0 Å². The molecule has 0 aliphatic carbocycles. The van der Waals surface area contributed by atoms with E-state index in [2.05, 4.69) is 20.3 Å². The number of hydrogen-bond acceptors (Lipinski definition) is 7. The van der Waals surface area contributed by atoms with Gasteiger partial charge in [-0.15, -0.1) is 0 Å². The maximum atomic E-state index is 11.8. The average molecular weight is 293 g/mol. The van der Waals surface area contributed by atoms with Crippen LogP contribution in [-0.2, 0) is 16.1 Å². The Morgan fingerprint density at radius 1 is 1.38 bits per heavy atom. The highest BCUT2D eigenvalue weighted by Gasteiger charge is 2.13. The number of nitrogen functional groups attached to an aromatic ring is 1. The molecule has 1 atom stereocenters. The Balaban J connectivity index is 1.93. The Morgan fingerprint density at radius 3 is 2.86 bits per heavy atom. The van der Waals surface area contributed by atoms with Gasteiger partial charge in [0.15, 0.2) is 11.5 Å². The van der Waals surface area contributed by atoms with Gasteiger partial charge in [-0.05, 0) is 6.42 Å². The van der Waals surface area contributed by atoms with Gasteiger partial charge in [0.2, 0.25) is 5.91 Å². The van der Waals surface area contributed by atoms with E-state index in [1.165, 1.54) is 17.2 Å². The molecule has 21 heavy (non-hydrogen) atoms. The molecule has 2 heterocycles. The quantitative estimate of drug-likeness (QED) is 0.491. The SMILES string of the molecule is Nc1ncnc2c1ncn2CC(=O)NCCC(N)C(=O)O. The fourth-order valence-electron chi connectivity index (χ4n) is 1.72. The molecule has 10 nitrogen and oxygen atoms in total. The van der Waals surface area contributed by atoms with Crippen molar-refractivity contribution < 1.29 is 14.7 Å². The van der Waals surface area contributed by atoms with Crippen LogP contribution in [0, 0.1) is 0 Å². The number of nitrogens with zero attached hydrogens (tertiary/aromatic N) is 4. The highest BCUT2D eigenvalue weighted by atomic mass is 16.4. The van der Waals surface area contributed by atoms with Crippen molar-refractivity contribution >= 4 is 28.9 Å². The van der Waals surface area contributed by atoms with Crippen LogP contribution >= 0.6 is 0 Å². The van der Waals surface area contributed by atoms with Crippen molar-refractivity contribution in [2.24, 2.45) is 5.73 Å². The summed E-state index contributed by atoms with van der Waals surface area (Å²) >= 11 is 0. The number of amides is 1. The predicted octanol–water partition coefficient (Wildman–Crippen LogP) is -1.67. The second kappa shape index (κ2) is 6.13. The largest absolute Gasteiger partial charge is 0.480 e. The zero-order valence-electron chi connectivity index (χ0n) is 11.1. The van der Waals surface area contributed by atoms with E-state index in [0.29, 0.717) is 11.2 Å². The number of nitrogens with two attached hydrogens (primary N) is 2. The molecule has 1 unspecified atom stereocenters. The molecule has 1 amide bonds. The average Bonchev–Trinajstić information content (AvgIpc) is 2.83. The maximum Gasteiger partial charge on any atom is 0.320 e. The summed E-state index contributed by atoms with van der Waals surface area (Å²) in [5.74, 6) is -1.16. The third kappa shape index (κ3) is 3.42. The van der Waals surface area contributed by atoms with Crippen molar-refractivity contribution in [1.82, 2.24) is 24.8 Å². The topological polar surface area (TPSA) is 162 Å². The first kappa shape index (κ1) is 14.7. The summed E-state index contributed by atoms with van der Waals surface area (Å²) in [5.41, 5.74) is 11.9. The minimum Gasteiger partial charge on any atom is -0.480 e. The first-order valence-corrected chi connectivity index (χ1v) is 6.15. The van der Waals surface area contributed by atoms with Gasteiger partial charge in [-0.3, -0.25) is 9.59 Å². The van der Waals surface area contributed by atoms with Gasteiger partial charge in [0.1, 0.15) is 24.4 Å². The Hall–Kier alpha value is -2.75. The van der Waals surface area contributed by atoms with Gasteiger partial charge in [-0.25, -0.2) is 15.0 Å². The molecule has 0 saturated carbocycles. The van der Waals surface area contributed by atoms with Gasteiger partial charge in [0.05, 0.1) is 6.33 Å². The molecular formula is C11H15N7O3. The Morgan fingerprint density at radius 2 is 2.14 bits per heavy atom. The lowest BCUT2D eigenvalue weighted by molar-refractivity contribution is -0.138. The summed E-state index contributed by atoms with van der Waals surface area (Å²) in [5, 5.41) is 11.2. The summed E-state index contributed by atoms with van der Waals surface area (Å²) < 4.78 is 1.53. The Labute approximate surface area is 119 Å². The van der Waals surface area contributed by atoms with Crippen molar-refractivity contribution in [3.8, 4) is 0 Å². The zero-order chi connectivity index (χ0) is 15.4. The summed E-state index contributed by atoms with van der Waals surface area (Å²) in [7, 11) is 0. The lowest BCUT2D eigenvalue weighted by atomic mass is 10.2. The van der Waals surface area contributed by atoms with Gasteiger partial charge in [0, 0.05) is 6.54 Å². The van der Waals surface area contributed by atoms with Crippen molar-refractivity contribution in [2.45, 2.75) is 19.0 Å². The molecular weight excluding hydrogens is 278 g/mol. The van der Waals surface area contributed by atoms with E-state index in [-0.39, 0.29) is 31.2 Å². The van der Waals surface area contributed by atoms with Crippen molar-refractivity contribution in [3.63, 3.8) is 0 Å². The molecule has 2 aromatic heterocycles. The lowest BCUT2D eigenvalue weighted by Crippen LogP contribution is -2.36. The standard InChI is InChI=1S/C11H15N7O3/c12-6(11(20)21)1-2-14-7(19)3-18-5-17-8-9(13)15-4-16-10(8)18/h4-6H,1-3,12H2,(H,14,19)(H,20,21)(H2,13,15,16). The predicted molar refractivity (Wildman–Crippen MR) is 73.0 cm³/mol. The fraction of sp³-hybridized carbons (Fsp3) is 0.364. The van der Waals surface area contributed by atoms with E-state index >= 15 is 0 Å². The summed E-state index contributed by atoms with van der Waals surface area (Å²) in [4.78, 5) is 34.2. The Kier molecular flexibility index (Phi) is 4.28. The van der Waals surface area contributed by atoms with Crippen LogP contribution in [-0.4, -0.2) is 49.1 Å². The van der Waals surface area contributed by atoms with Crippen molar-refractivity contribution in [3.05, 3.63) is 12.7 Å². The van der Waals surface area contributed by atoms with Crippen molar-refractivity contribution in [1.29, 1.82) is 0 Å². The first-order valence-electron chi connectivity index (χ1n) is 6.15. The van der Waals surface area contributed by atoms with Crippen molar-refractivity contribution in [2.75, 3.05) is 12.3 Å². The van der Waals surface area contributed by atoms with Crippen LogP contribution in [0.1, 0.15) is 6.42 Å². The third-order valence-electron chi connectivity index (χ3n) is 2.84. The number of nitrogens with one attached hydrogen (secondary N) is 1. The van der Waals surface area contributed by atoms with E-state index < -0.39 is 12.0 Å². The van der Waals surface area contributed by atoms with Crippen LogP contribution in [0.15, 0.2) is 12.7 Å². The number of hydrogen-bond donors (Lipinski definition) is 4. The molecule has 10 heteroatoms. The maximum absolute atomic E-state index is 11.8. The molecule has 112 valence electrons. The molecule has 0 fully saturated rings.